The molecule has 0 fully saturated rings. The van der Waals surface area contributed by atoms with Crippen molar-refractivity contribution in [1.82, 2.24) is 14.8 Å². The number of nitrogens with two attached hydrogens (primary N) is 1. The van der Waals surface area contributed by atoms with Gasteiger partial charge in [0.15, 0.2) is 5.16 Å². The topological polar surface area (TPSA) is 56.7 Å². The fraction of sp³-hybridized carbons (Fsp3) is 0.636. The summed E-state index contributed by atoms with van der Waals surface area (Å²) in [5, 5.41) is 9.17. The molecule has 0 unspecified atom stereocenters. The fourth-order valence-electron chi connectivity index (χ4n) is 1.40. The Morgan fingerprint density at radius 3 is 2.81 bits per heavy atom. The molecule has 88 valence electrons. The predicted octanol–water partition coefficient (Wildman–Crippen LogP) is 1.82. The van der Waals surface area contributed by atoms with E-state index in [1.54, 1.807) is 11.8 Å². The fourth-order valence-corrected chi connectivity index (χ4v) is 2.43. The molecule has 0 amide bonds. The van der Waals surface area contributed by atoms with Crippen LogP contribution < -0.4 is 5.73 Å². The van der Waals surface area contributed by atoms with Gasteiger partial charge < -0.3 is 10.3 Å². The van der Waals surface area contributed by atoms with E-state index in [2.05, 4.69) is 34.5 Å². The lowest BCUT2D eigenvalue weighted by Crippen LogP contribution is -2.11. The van der Waals surface area contributed by atoms with Gasteiger partial charge in [-0.05, 0) is 20.3 Å². The summed E-state index contributed by atoms with van der Waals surface area (Å²) in [6.07, 6.45) is 7.02. The number of nitrogens with zero attached hydrogens (tertiary/aromatic N) is 3. The smallest absolute Gasteiger partial charge is 0.191 e. The second kappa shape index (κ2) is 6.56. The Morgan fingerprint density at radius 2 is 2.25 bits per heavy atom. The van der Waals surface area contributed by atoms with Crippen LogP contribution in [0.25, 0.3) is 0 Å². The molecule has 1 aromatic heterocycles. The highest BCUT2D eigenvalue weighted by Crippen LogP contribution is 2.22. The number of terminal acetylenes is 1. The molecule has 0 bridgehead atoms. The van der Waals surface area contributed by atoms with Crippen LogP contribution in [-0.4, -0.2) is 20.5 Å². The predicted molar refractivity (Wildman–Crippen MR) is 67.1 cm³/mol. The van der Waals surface area contributed by atoms with Gasteiger partial charge in [-0.25, -0.2) is 0 Å². The van der Waals surface area contributed by atoms with E-state index in [-0.39, 0.29) is 0 Å². The summed E-state index contributed by atoms with van der Waals surface area (Å²) in [4.78, 5) is 0. The van der Waals surface area contributed by atoms with Gasteiger partial charge in [0.2, 0.25) is 0 Å². The molecule has 0 atom stereocenters. The average Bonchev–Trinajstić information content (AvgIpc) is 2.67. The Kier molecular flexibility index (Phi) is 5.36. The van der Waals surface area contributed by atoms with E-state index in [4.69, 9.17) is 12.2 Å². The highest BCUT2D eigenvalue weighted by molar-refractivity contribution is 7.99. The Bertz CT molecular complexity index is 365. The van der Waals surface area contributed by atoms with E-state index >= 15 is 0 Å². The van der Waals surface area contributed by atoms with Crippen molar-refractivity contribution in [2.75, 3.05) is 5.75 Å². The van der Waals surface area contributed by atoms with Gasteiger partial charge in [0.1, 0.15) is 5.82 Å². The van der Waals surface area contributed by atoms with E-state index in [9.17, 15) is 0 Å². The minimum Gasteiger partial charge on any atom is -0.324 e. The van der Waals surface area contributed by atoms with Crippen LogP contribution in [0.4, 0.5) is 0 Å². The van der Waals surface area contributed by atoms with Crippen molar-refractivity contribution >= 4 is 11.8 Å². The van der Waals surface area contributed by atoms with E-state index in [1.165, 1.54) is 0 Å². The second-order valence-corrected chi connectivity index (χ2v) is 4.78. The zero-order valence-electron chi connectivity index (χ0n) is 9.81. The van der Waals surface area contributed by atoms with Crippen molar-refractivity contribution in [2.45, 2.75) is 44.4 Å². The Morgan fingerprint density at radius 1 is 1.50 bits per heavy atom. The molecule has 0 saturated heterocycles. The monoisotopic (exact) mass is 238 g/mol. The van der Waals surface area contributed by atoms with Gasteiger partial charge in [0.05, 0.1) is 6.54 Å². The molecule has 4 nitrogen and oxygen atoms in total. The van der Waals surface area contributed by atoms with Crippen LogP contribution in [0, 0.1) is 12.3 Å². The summed E-state index contributed by atoms with van der Waals surface area (Å²) in [6.45, 7) is 4.64. The molecule has 1 rings (SSSR count). The van der Waals surface area contributed by atoms with Crippen LogP contribution in [0.5, 0.6) is 0 Å². The zero-order valence-corrected chi connectivity index (χ0v) is 10.6. The van der Waals surface area contributed by atoms with E-state index in [0.29, 0.717) is 12.6 Å². The van der Waals surface area contributed by atoms with Gasteiger partial charge >= 0.3 is 0 Å². The third-order valence-electron chi connectivity index (χ3n) is 2.13. The summed E-state index contributed by atoms with van der Waals surface area (Å²) < 4.78 is 2.08. The van der Waals surface area contributed by atoms with Crippen molar-refractivity contribution < 1.29 is 0 Å². The molecule has 0 aliphatic heterocycles. The maximum atomic E-state index is 5.62. The third kappa shape index (κ3) is 3.26. The third-order valence-corrected chi connectivity index (χ3v) is 3.16. The number of hydrogen-bond acceptors (Lipinski definition) is 4. The molecular weight excluding hydrogens is 220 g/mol. The van der Waals surface area contributed by atoms with Gasteiger partial charge in [0, 0.05) is 18.2 Å². The molecule has 2 N–H and O–H groups in total. The van der Waals surface area contributed by atoms with Crippen molar-refractivity contribution in [3.63, 3.8) is 0 Å². The normalized spacial score (nSPS) is 10.7. The van der Waals surface area contributed by atoms with Gasteiger partial charge in [-0.2, -0.15) is 0 Å². The maximum absolute atomic E-state index is 5.62. The minimum absolute atomic E-state index is 0.337. The van der Waals surface area contributed by atoms with Crippen LogP contribution in [0.3, 0.4) is 0 Å². The summed E-state index contributed by atoms with van der Waals surface area (Å²) in [5.41, 5.74) is 5.62. The first-order chi connectivity index (χ1) is 7.70. The van der Waals surface area contributed by atoms with Crippen molar-refractivity contribution in [3.05, 3.63) is 5.82 Å². The summed E-state index contributed by atoms with van der Waals surface area (Å²) >= 11 is 1.69. The van der Waals surface area contributed by atoms with E-state index < -0.39 is 0 Å². The Balaban J connectivity index is 2.65. The number of rotatable bonds is 6. The average molecular weight is 238 g/mol. The molecule has 0 radical (unpaired) electrons. The number of aromatic nitrogens is 3. The minimum atomic E-state index is 0.337. The van der Waals surface area contributed by atoms with Crippen LogP contribution in [0.1, 0.15) is 38.6 Å². The van der Waals surface area contributed by atoms with Crippen molar-refractivity contribution in [3.8, 4) is 12.3 Å². The first-order valence-corrected chi connectivity index (χ1v) is 6.39. The molecule has 5 heteroatoms. The van der Waals surface area contributed by atoms with Gasteiger partial charge in [-0.15, -0.1) is 22.5 Å². The summed E-state index contributed by atoms with van der Waals surface area (Å²) in [6, 6.07) is 0.337. The molecule has 0 aliphatic carbocycles. The van der Waals surface area contributed by atoms with Crippen LogP contribution >= 0.6 is 11.8 Å². The lowest BCUT2D eigenvalue weighted by molar-refractivity contribution is 0.526. The van der Waals surface area contributed by atoms with Gasteiger partial charge in [-0.3, -0.25) is 0 Å². The second-order valence-electron chi connectivity index (χ2n) is 3.72. The zero-order chi connectivity index (χ0) is 12.0. The highest BCUT2D eigenvalue weighted by atomic mass is 32.2. The number of thioether (sulfide) groups is 1. The standard InChI is InChI=1S/C11H18N4S/c1-4-5-6-7-16-11-14-13-10(8-12)15(11)9(2)3/h1,9H,5-8,12H2,2-3H3. The van der Waals surface area contributed by atoms with Crippen LogP contribution in [-0.2, 0) is 6.54 Å². The SMILES string of the molecule is C#CCCCSc1nnc(CN)n1C(C)C. The van der Waals surface area contributed by atoms with E-state index in [1.807, 2.05) is 0 Å². The number of hydrogen-bond donors (Lipinski definition) is 1. The van der Waals surface area contributed by atoms with Gasteiger partial charge in [0.25, 0.3) is 0 Å². The Hall–Kier alpha value is -0.990. The van der Waals surface area contributed by atoms with Crippen LogP contribution in [0.15, 0.2) is 5.16 Å². The lowest BCUT2D eigenvalue weighted by atomic mass is 10.4. The van der Waals surface area contributed by atoms with E-state index in [0.717, 1.165) is 29.6 Å². The van der Waals surface area contributed by atoms with Crippen molar-refractivity contribution in [1.29, 1.82) is 0 Å². The highest BCUT2D eigenvalue weighted by Gasteiger charge is 2.13. The maximum Gasteiger partial charge on any atom is 0.191 e. The molecule has 1 aromatic rings. The Labute approximate surface area is 101 Å². The molecule has 0 aliphatic rings. The van der Waals surface area contributed by atoms with Crippen LogP contribution in [0.2, 0.25) is 0 Å². The molecular formula is C11H18N4S. The number of unbranched alkanes of at least 4 members (excludes halogenated alkanes) is 1. The summed E-state index contributed by atoms with van der Waals surface area (Å²) in [5.74, 6) is 4.45. The quantitative estimate of drug-likeness (QED) is 0.466. The molecule has 16 heavy (non-hydrogen) atoms. The first-order valence-electron chi connectivity index (χ1n) is 5.40. The summed E-state index contributed by atoms with van der Waals surface area (Å²) in [7, 11) is 0. The molecule has 0 aromatic carbocycles. The lowest BCUT2D eigenvalue weighted by Gasteiger charge is -2.12. The molecule has 0 spiro atoms. The molecule has 0 saturated carbocycles. The largest absolute Gasteiger partial charge is 0.324 e. The van der Waals surface area contributed by atoms with Gasteiger partial charge in [-0.1, -0.05) is 11.8 Å². The molecule has 1 heterocycles. The van der Waals surface area contributed by atoms with Crippen molar-refractivity contribution in [2.24, 2.45) is 5.73 Å². The first kappa shape index (κ1) is 13.1.